The summed E-state index contributed by atoms with van der Waals surface area (Å²) in [4.78, 5) is 32.6. The molecule has 2 saturated heterocycles. The molecule has 0 saturated carbocycles. The third kappa shape index (κ3) is 5.79. The molecule has 2 aliphatic heterocycles. The molecule has 204 valence electrons. The summed E-state index contributed by atoms with van der Waals surface area (Å²) in [7, 11) is 0. The molecule has 3 amide bonds. The van der Waals surface area contributed by atoms with Crippen molar-refractivity contribution in [2.24, 2.45) is 0 Å². The molecule has 3 aromatic rings. The van der Waals surface area contributed by atoms with Gasteiger partial charge in [-0.15, -0.1) is 0 Å². The molecule has 2 fully saturated rings. The van der Waals surface area contributed by atoms with Gasteiger partial charge < -0.3 is 14.7 Å². The van der Waals surface area contributed by atoms with Crippen molar-refractivity contribution in [1.29, 1.82) is 0 Å². The van der Waals surface area contributed by atoms with E-state index in [4.69, 9.17) is 0 Å². The number of amides is 3. The molecular weight excluding hydrogens is 507 g/mol. The minimum Gasteiger partial charge on any atom is -0.368 e. The number of hydrazine groups is 1. The molecule has 0 atom stereocenters. The van der Waals surface area contributed by atoms with Crippen LogP contribution in [0.5, 0.6) is 0 Å². The lowest BCUT2D eigenvalue weighted by Gasteiger charge is -2.44. The molecule has 2 N–H and O–H groups in total. The van der Waals surface area contributed by atoms with Crippen LogP contribution < -0.4 is 15.8 Å². The Morgan fingerprint density at radius 2 is 1.13 bits per heavy atom. The highest BCUT2D eigenvalue weighted by molar-refractivity contribution is 5.89. The fourth-order valence-corrected chi connectivity index (χ4v) is 5.29. The Morgan fingerprint density at radius 3 is 1.69 bits per heavy atom. The van der Waals surface area contributed by atoms with E-state index in [0.717, 1.165) is 5.69 Å². The maximum Gasteiger partial charge on any atom is 0.320 e. The molecule has 0 bridgehead atoms. The minimum absolute atomic E-state index is 0.0775. The zero-order valence-electron chi connectivity index (χ0n) is 21.4. The number of benzene rings is 3. The number of nitrogens with zero attached hydrogens (tertiary/aromatic N) is 3. The molecule has 0 radical (unpaired) electrons. The topological polar surface area (TPSA) is 67.9 Å². The van der Waals surface area contributed by atoms with Gasteiger partial charge in [-0.25, -0.2) is 18.0 Å². The smallest absolute Gasteiger partial charge is 0.320 e. The van der Waals surface area contributed by atoms with E-state index >= 15 is 0 Å². The Hall–Kier alpha value is -4.21. The average Bonchev–Trinajstić information content (AvgIpc) is 2.97. The largest absolute Gasteiger partial charge is 0.368 e. The highest BCUT2D eigenvalue weighted by Gasteiger charge is 2.44. The molecule has 10 heteroatoms. The van der Waals surface area contributed by atoms with Crippen LogP contribution in [0.4, 0.5) is 29.3 Å². The predicted octanol–water partition coefficient (Wildman–Crippen LogP) is 4.52. The van der Waals surface area contributed by atoms with Crippen LogP contribution in [0, 0.1) is 17.5 Å². The zero-order chi connectivity index (χ0) is 27.4. The Balaban J connectivity index is 1.23. The fourth-order valence-electron chi connectivity index (χ4n) is 5.29. The van der Waals surface area contributed by atoms with E-state index < -0.39 is 11.2 Å². The van der Waals surface area contributed by atoms with Crippen LogP contribution in [0.15, 0.2) is 72.8 Å². The van der Waals surface area contributed by atoms with Crippen molar-refractivity contribution < 1.29 is 22.8 Å². The lowest BCUT2D eigenvalue weighted by atomic mass is 9.72. The number of halogens is 3. The highest BCUT2D eigenvalue weighted by atomic mass is 19.1. The molecule has 0 aromatic heterocycles. The second-order valence-electron chi connectivity index (χ2n) is 9.90. The van der Waals surface area contributed by atoms with Crippen molar-refractivity contribution in [2.45, 2.75) is 18.3 Å². The lowest BCUT2D eigenvalue weighted by Crippen LogP contribution is -2.58. The summed E-state index contributed by atoms with van der Waals surface area (Å²) in [6.07, 6.45) is 0.716. The number of carbonyl (C=O) groups excluding carboxylic acids is 2. The second-order valence-corrected chi connectivity index (χ2v) is 9.90. The van der Waals surface area contributed by atoms with Crippen LogP contribution >= 0.6 is 0 Å². The fraction of sp³-hybridized carbons (Fsp3) is 0.310. The second kappa shape index (κ2) is 11.3. The maximum absolute atomic E-state index is 13.7. The lowest BCUT2D eigenvalue weighted by molar-refractivity contribution is -0.128. The van der Waals surface area contributed by atoms with Crippen LogP contribution in [-0.4, -0.2) is 61.0 Å². The van der Waals surface area contributed by atoms with E-state index in [0.29, 0.717) is 63.4 Å². The molecule has 2 heterocycles. The summed E-state index contributed by atoms with van der Waals surface area (Å²) in [6.45, 7) is 3.08. The molecule has 7 nitrogen and oxygen atoms in total. The van der Waals surface area contributed by atoms with E-state index in [1.54, 1.807) is 34.1 Å². The number of urea groups is 1. The zero-order valence-corrected chi connectivity index (χ0v) is 21.4. The molecule has 2 aliphatic rings. The van der Waals surface area contributed by atoms with E-state index in [1.165, 1.54) is 48.5 Å². The first kappa shape index (κ1) is 26.4. The molecular formula is C29H30F3N5O2. The van der Waals surface area contributed by atoms with Crippen LogP contribution in [0.1, 0.15) is 18.4 Å². The van der Waals surface area contributed by atoms with E-state index in [-0.39, 0.29) is 23.6 Å². The van der Waals surface area contributed by atoms with Crippen molar-refractivity contribution in [1.82, 2.24) is 15.2 Å². The van der Waals surface area contributed by atoms with Crippen molar-refractivity contribution in [3.05, 3.63) is 95.8 Å². The van der Waals surface area contributed by atoms with Crippen LogP contribution in [0.2, 0.25) is 0 Å². The van der Waals surface area contributed by atoms with Gasteiger partial charge >= 0.3 is 6.03 Å². The van der Waals surface area contributed by atoms with Gasteiger partial charge in [-0.1, -0.05) is 12.1 Å². The van der Waals surface area contributed by atoms with Crippen molar-refractivity contribution in [3.63, 3.8) is 0 Å². The van der Waals surface area contributed by atoms with Crippen molar-refractivity contribution in [3.8, 4) is 0 Å². The first-order chi connectivity index (χ1) is 18.8. The van der Waals surface area contributed by atoms with Gasteiger partial charge in [-0.3, -0.25) is 15.6 Å². The number of nitrogens with one attached hydrogen (secondary N) is 2. The third-order valence-corrected chi connectivity index (χ3v) is 7.63. The molecule has 0 unspecified atom stereocenters. The number of rotatable bonds is 5. The quantitative estimate of drug-likeness (QED) is 0.470. The summed E-state index contributed by atoms with van der Waals surface area (Å²) >= 11 is 0. The Bertz CT molecular complexity index is 1290. The van der Waals surface area contributed by atoms with Crippen LogP contribution in [-0.2, 0) is 10.2 Å². The van der Waals surface area contributed by atoms with E-state index in [9.17, 15) is 22.8 Å². The summed E-state index contributed by atoms with van der Waals surface area (Å²) in [5.41, 5.74) is 6.69. The normalized spacial score (nSPS) is 17.1. The number of carbonyl (C=O) groups is 2. The monoisotopic (exact) mass is 537 g/mol. The molecule has 3 aromatic carbocycles. The van der Waals surface area contributed by atoms with Gasteiger partial charge in [0.2, 0.25) is 5.91 Å². The van der Waals surface area contributed by atoms with E-state index in [1.807, 2.05) is 0 Å². The minimum atomic E-state index is -0.973. The molecule has 5 rings (SSSR count). The first-order valence-corrected chi connectivity index (χ1v) is 13.0. The molecule has 0 aliphatic carbocycles. The number of piperidine rings is 1. The summed E-state index contributed by atoms with van der Waals surface area (Å²) in [5.74, 6) is -1.37. The van der Waals surface area contributed by atoms with Gasteiger partial charge in [0.05, 0.1) is 11.1 Å². The predicted molar refractivity (Wildman–Crippen MR) is 143 cm³/mol. The number of hydrogen-bond donors (Lipinski definition) is 2. The number of likely N-dealkylation sites (tertiary alicyclic amines) is 1. The third-order valence-electron chi connectivity index (χ3n) is 7.63. The molecule has 39 heavy (non-hydrogen) atoms. The Labute approximate surface area is 225 Å². The summed E-state index contributed by atoms with van der Waals surface area (Å²) in [5, 5.41) is 0. The van der Waals surface area contributed by atoms with Crippen LogP contribution in [0.25, 0.3) is 0 Å². The van der Waals surface area contributed by atoms with Gasteiger partial charge in [0, 0.05) is 45.0 Å². The number of anilines is 2. The maximum atomic E-state index is 13.7. The number of piperazine rings is 1. The average molecular weight is 538 g/mol. The Morgan fingerprint density at radius 1 is 0.641 bits per heavy atom. The van der Waals surface area contributed by atoms with Gasteiger partial charge in [0.1, 0.15) is 17.5 Å². The van der Waals surface area contributed by atoms with Crippen molar-refractivity contribution >= 4 is 23.3 Å². The first-order valence-electron chi connectivity index (χ1n) is 13.0. The van der Waals surface area contributed by atoms with Gasteiger partial charge in [-0.2, -0.15) is 0 Å². The summed E-state index contributed by atoms with van der Waals surface area (Å²) < 4.78 is 40.2. The Kier molecular flexibility index (Phi) is 7.63. The van der Waals surface area contributed by atoms with Gasteiger partial charge in [-0.05, 0) is 79.1 Å². The standard InChI is InChI=1S/C29H30F3N5O2/c30-22-3-1-21(2-4-22)29(27(38)34-33-25-9-5-23(31)6-10-25)13-15-36(16-14-29)28(39)37-19-17-35(18-20-37)26-11-7-24(32)8-12-26/h1-12,33H,13-20H2,(H,34,38). The van der Waals surface area contributed by atoms with E-state index in [2.05, 4.69) is 15.8 Å². The van der Waals surface area contributed by atoms with Gasteiger partial charge in [0.25, 0.3) is 0 Å². The van der Waals surface area contributed by atoms with Crippen LogP contribution in [0.3, 0.4) is 0 Å². The number of hydrogen-bond acceptors (Lipinski definition) is 4. The summed E-state index contributed by atoms with van der Waals surface area (Å²) in [6, 6.07) is 17.7. The van der Waals surface area contributed by atoms with Crippen molar-refractivity contribution in [2.75, 3.05) is 49.6 Å². The highest BCUT2D eigenvalue weighted by Crippen LogP contribution is 2.36. The van der Waals surface area contributed by atoms with Gasteiger partial charge in [0.15, 0.2) is 0 Å². The SMILES string of the molecule is O=C(N1CCN(c2ccc(F)cc2)CC1)N1CCC(C(=O)NNc2ccc(F)cc2)(c2ccc(F)cc2)CC1. The molecule has 0 spiro atoms.